The van der Waals surface area contributed by atoms with Gasteiger partial charge in [-0.2, -0.15) is 0 Å². The van der Waals surface area contributed by atoms with Crippen LogP contribution in [0.25, 0.3) is 0 Å². The van der Waals surface area contributed by atoms with E-state index >= 15 is 0 Å². The summed E-state index contributed by atoms with van der Waals surface area (Å²) < 4.78 is 23.6. The van der Waals surface area contributed by atoms with Crippen LogP contribution in [0.1, 0.15) is 32.6 Å². The van der Waals surface area contributed by atoms with Crippen LogP contribution in [0.5, 0.6) is 0 Å². The predicted molar refractivity (Wildman–Crippen MR) is 78.7 cm³/mol. The summed E-state index contributed by atoms with van der Waals surface area (Å²) in [6.45, 7) is 2.14. The van der Waals surface area contributed by atoms with Crippen LogP contribution in [0.4, 0.5) is 10.1 Å². The average Bonchev–Trinajstić information content (AvgIpc) is 2.50. The van der Waals surface area contributed by atoms with Gasteiger partial charge in [-0.3, -0.25) is 0 Å². The van der Waals surface area contributed by atoms with Crippen molar-refractivity contribution in [3.8, 4) is 0 Å². The first-order valence-corrected chi connectivity index (χ1v) is 7.33. The van der Waals surface area contributed by atoms with Crippen molar-refractivity contribution in [2.45, 2.75) is 44.2 Å². The van der Waals surface area contributed by atoms with Crippen LogP contribution in [0, 0.1) is 5.82 Å². The molecule has 0 amide bonds. The molecule has 0 radical (unpaired) electrons. The average molecular weight is 295 g/mol. The summed E-state index contributed by atoms with van der Waals surface area (Å²) in [6, 6.07) is 6.03. The second kappa shape index (κ2) is 6.89. The van der Waals surface area contributed by atoms with Crippen LogP contribution in [-0.2, 0) is 14.3 Å². The first-order valence-electron chi connectivity index (χ1n) is 7.33. The molecule has 0 aliphatic heterocycles. The molecule has 1 N–H and O–H groups in total. The fourth-order valence-corrected chi connectivity index (χ4v) is 2.78. The second-order valence-corrected chi connectivity index (χ2v) is 5.37. The van der Waals surface area contributed by atoms with E-state index in [0.29, 0.717) is 19.4 Å². The van der Waals surface area contributed by atoms with Gasteiger partial charge in [0.1, 0.15) is 11.4 Å². The number of halogens is 1. The Kier molecular flexibility index (Phi) is 5.17. The van der Waals surface area contributed by atoms with Gasteiger partial charge in [0, 0.05) is 12.8 Å². The Morgan fingerprint density at radius 2 is 1.95 bits per heavy atom. The molecule has 21 heavy (non-hydrogen) atoms. The zero-order valence-electron chi connectivity index (χ0n) is 12.5. The topological polar surface area (TPSA) is 47.6 Å². The predicted octanol–water partition coefficient (Wildman–Crippen LogP) is 3.13. The van der Waals surface area contributed by atoms with Crippen molar-refractivity contribution < 1.29 is 18.7 Å². The van der Waals surface area contributed by atoms with E-state index in [9.17, 15) is 9.18 Å². The molecule has 0 atom stereocenters. The number of ether oxygens (including phenoxy) is 2. The Morgan fingerprint density at radius 3 is 2.48 bits per heavy atom. The Morgan fingerprint density at radius 1 is 1.33 bits per heavy atom. The van der Waals surface area contributed by atoms with Gasteiger partial charge in [0.2, 0.25) is 0 Å². The van der Waals surface area contributed by atoms with E-state index in [-0.39, 0.29) is 17.9 Å². The molecule has 0 aromatic heterocycles. The third-order valence-electron chi connectivity index (χ3n) is 4.01. The van der Waals surface area contributed by atoms with E-state index in [0.717, 1.165) is 18.5 Å². The zero-order valence-corrected chi connectivity index (χ0v) is 12.5. The molecule has 116 valence electrons. The summed E-state index contributed by atoms with van der Waals surface area (Å²) in [4.78, 5) is 12.4. The smallest absolute Gasteiger partial charge is 0.331 e. The maximum atomic E-state index is 13.0. The van der Waals surface area contributed by atoms with Gasteiger partial charge in [-0.1, -0.05) is 0 Å². The van der Waals surface area contributed by atoms with Gasteiger partial charge in [-0.15, -0.1) is 0 Å². The monoisotopic (exact) mass is 295 g/mol. The van der Waals surface area contributed by atoms with E-state index in [1.165, 1.54) is 12.1 Å². The molecule has 1 aromatic rings. The summed E-state index contributed by atoms with van der Waals surface area (Å²) >= 11 is 0. The van der Waals surface area contributed by atoms with Crippen molar-refractivity contribution in [3.63, 3.8) is 0 Å². The van der Waals surface area contributed by atoms with Gasteiger partial charge in [0.25, 0.3) is 0 Å². The number of esters is 1. The van der Waals surface area contributed by atoms with Gasteiger partial charge < -0.3 is 14.8 Å². The molecule has 0 heterocycles. The number of methoxy groups -OCH3 is 1. The fourth-order valence-electron chi connectivity index (χ4n) is 2.78. The lowest BCUT2D eigenvalue weighted by atomic mass is 9.80. The summed E-state index contributed by atoms with van der Waals surface area (Å²) in [5.74, 6) is -0.544. The lowest BCUT2D eigenvalue weighted by molar-refractivity contribution is -0.150. The number of benzene rings is 1. The van der Waals surface area contributed by atoms with Crippen molar-refractivity contribution in [2.75, 3.05) is 19.0 Å². The highest BCUT2D eigenvalue weighted by Gasteiger charge is 2.43. The molecule has 1 aliphatic rings. The number of carbonyl (C=O) groups excluding carboxylic acids is 1. The minimum atomic E-state index is -0.747. The summed E-state index contributed by atoms with van der Waals surface area (Å²) in [6.07, 6.45) is 3.05. The van der Waals surface area contributed by atoms with E-state index < -0.39 is 5.54 Å². The van der Waals surface area contributed by atoms with E-state index in [1.807, 2.05) is 0 Å². The van der Waals surface area contributed by atoms with Gasteiger partial charge >= 0.3 is 5.97 Å². The molecule has 0 bridgehead atoms. The third-order valence-corrected chi connectivity index (χ3v) is 4.01. The molecule has 0 spiro atoms. The van der Waals surface area contributed by atoms with Crippen LogP contribution in [0.3, 0.4) is 0 Å². The van der Waals surface area contributed by atoms with E-state index in [4.69, 9.17) is 9.47 Å². The minimum absolute atomic E-state index is 0.183. The molecule has 4 nitrogen and oxygen atoms in total. The maximum Gasteiger partial charge on any atom is 0.331 e. The molecule has 1 saturated carbocycles. The van der Waals surface area contributed by atoms with Gasteiger partial charge in [-0.05, 0) is 56.9 Å². The molecular weight excluding hydrogens is 273 g/mol. The van der Waals surface area contributed by atoms with Crippen LogP contribution in [0.15, 0.2) is 24.3 Å². The van der Waals surface area contributed by atoms with Gasteiger partial charge in [0.15, 0.2) is 0 Å². The SMILES string of the molecule is CCOC(=O)C1(Nc2ccc(F)cc2)CCC(OC)CC1. The number of anilines is 1. The standard InChI is InChI=1S/C16H22FNO3/c1-3-21-15(19)16(10-8-14(20-2)9-11-16)18-13-6-4-12(17)5-7-13/h4-7,14,18H,3,8-11H2,1-2H3. The Bertz CT molecular complexity index is 467. The molecule has 2 rings (SSSR count). The Balaban J connectivity index is 2.16. The van der Waals surface area contributed by atoms with E-state index in [2.05, 4.69) is 5.32 Å². The van der Waals surface area contributed by atoms with Crippen molar-refractivity contribution in [2.24, 2.45) is 0 Å². The van der Waals surface area contributed by atoms with E-state index in [1.54, 1.807) is 26.2 Å². The number of hydrogen-bond donors (Lipinski definition) is 1. The van der Waals surface area contributed by atoms with Crippen molar-refractivity contribution in [3.05, 3.63) is 30.1 Å². The first kappa shape index (κ1) is 15.8. The largest absolute Gasteiger partial charge is 0.464 e. The molecule has 0 unspecified atom stereocenters. The van der Waals surface area contributed by atoms with Gasteiger partial charge in [-0.25, -0.2) is 9.18 Å². The third kappa shape index (κ3) is 3.73. The summed E-state index contributed by atoms with van der Waals surface area (Å²) in [5.41, 5.74) is -0.0246. The van der Waals surface area contributed by atoms with Crippen LogP contribution in [-0.4, -0.2) is 31.3 Å². The number of carbonyl (C=O) groups is 1. The normalized spacial score (nSPS) is 25.4. The lowest BCUT2D eigenvalue weighted by Gasteiger charge is -2.38. The number of rotatable bonds is 5. The number of hydrogen-bond acceptors (Lipinski definition) is 4. The summed E-state index contributed by atoms with van der Waals surface area (Å²) in [5, 5.41) is 3.25. The highest BCUT2D eigenvalue weighted by atomic mass is 19.1. The van der Waals surface area contributed by atoms with Gasteiger partial charge in [0.05, 0.1) is 12.7 Å². The highest BCUT2D eigenvalue weighted by Crippen LogP contribution is 2.34. The molecule has 0 saturated heterocycles. The molecule has 1 aromatic carbocycles. The number of nitrogens with one attached hydrogen (secondary N) is 1. The zero-order chi connectivity index (χ0) is 15.3. The second-order valence-electron chi connectivity index (χ2n) is 5.37. The molecule has 1 fully saturated rings. The Hall–Kier alpha value is -1.62. The molecular formula is C16H22FNO3. The fraction of sp³-hybridized carbons (Fsp3) is 0.562. The molecule has 1 aliphatic carbocycles. The highest BCUT2D eigenvalue weighted by molar-refractivity contribution is 5.84. The first-order chi connectivity index (χ1) is 10.1. The minimum Gasteiger partial charge on any atom is -0.464 e. The van der Waals surface area contributed by atoms with Crippen LogP contribution >= 0.6 is 0 Å². The van der Waals surface area contributed by atoms with Crippen LogP contribution < -0.4 is 5.32 Å². The summed E-state index contributed by atoms with van der Waals surface area (Å²) in [7, 11) is 1.69. The quantitative estimate of drug-likeness (QED) is 0.848. The van der Waals surface area contributed by atoms with Crippen LogP contribution in [0.2, 0.25) is 0 Å². The molecule has 5 heteroatoms. The van der Waals surface area contributed by atoms with Crippen molar-refractivity contribution >= 4 is 11.7 Å². The maximum absolute atomic E-state index is 13.0. The lowest BCUT2D eigenvalue weighted by Crippen LogP contribution is -2.51. The van der Waals surface area contributed by atoms with Crippen molar-refractivity contribution in [1.82, 2.24) is 0 Å². The van der Waals surface area contributed by atoms with Crippen molar-refractivity contribution in [1.29, 1.82) is 0 Å². The Labute approximate surface area is 124 Å².